The van der Waals surface area contributed by atoms with E-state index in [2.05, 4.69) is 258 Å². The van der Waals surface area contributed by atoms with Crippen molar-refractivity contribution >= 4 is 62.9 Å². The van der Waals surface area contributed by atoms with E-state index >= 15 is 0 Å². The molecule has 2 aliphatic carbocycles. The average Bonchev–Trinajstić information content (AvgIpc) is 3.08. The quantitative estimate of drug-likeness (QED) is 0.163. The molecule has 6 aliphatic rings. The number of nitrogens with zero attached hydrogens (tertiary/aromatic N) is 3. The number of hydrogen-bond donors (Lipinski definition) is 0. The van der Waals surface area contributed by atoms with Crippen LogP contribution in [0.25, 0.3) is 11.1 Å². The van der Waals surface area contributed by atoms with E-state index in [1.807, 2.05) is 0 Å². The van der Waals surface area contributed by atoms with Gasteiger partial charge in [0.1, 0.15) is 0 Å². The van der Waals surface area contributed by atoms with Gasteiger partial charge in [-0.2, -0.15) is 0 Å². The molecule has 3 nitrogen and oxygen atoms in total. The molecule has 0 amide bonds. The van der Waals surface area contributed by atoms with Crippen molar-refractivity contribution in [3.8, 4) is 11.1 Å². The highest BCUT2D eigenvalue weighted by atomic mass is 15.3. The monoisotopic (exact) mass is 1010 g/mol. The van der Waals surface area contributed by atoms with E-state index in [9.17, 15) is 0 Å². The third-order valence-corrected chi connectivity index (χ3v) is 20.9. The lowest BCUT2D eigenvalue weighted by molar-refractivity contribution is 0.195. The first kappa shape index (κ1) is 50.5. The van der Waals surface area contributed by atoms with Gasteiger partial charge in [0.25, 0.3) is 6.71 Å². The summed E-state index contributed by atoms with van der Waals surface area (Å²) < 4.78 is 0. The summed E-state index contributed by atoms with van der Waals surface area (Å²) in [6.07, 6.45) is 9.48. The summed E-state index contributed by atoms with van der Waals surface area (Å²) in [5.74, 6) is 0. The highest BCUT2D eigenvalue weighted by Gasteiger charge is 2.64. The Labute approximate surface area is 463 Å². The first-order valence-corrected chi connectivity index (χ1v) is 29.6. The summed E-state index contributed by atoms with van der Waals surface area (Å²) in [6, 6.07) is 56.5. The largest absolute Gasteiger partial charge is 0.335 e. The number of rotatable bonds is 4. The topological polar surface area (TPSA) is 9.72 Å². The van der Waals surface area contributed by atoms with Crippen molar-refractivity contribution in [2.24, 2.45) is 0 Å². The Bertz CT molecular complexity index is 3540. The molecule has 7 aromatic rings. The van der Waals surface area contributed by atoms with Gasteiger partial charge in [-0.05, 0) is 158 Å². The van der Waals surface area contributed by atoms with Crippen LogP contribution in [0.3, 0.4) is 0 Å². The van der Waals surface area contributed by atoms with Gasteiger partial charge in [-0.15, -0.1) is 0 Å². The fourth-order valence-electron chi connectivity index (χ4n) is 16.3. The third-order valence-electron chi connectivity index (χ3n) is 20.9. The molecule has 2 fully saturated rings. The van der Waals surface area contributed by atoms with Gasteiger partial charge in [-0.1, -0.05) is 219 Å². The molecule has 4 unspecified atom stereocenters. The fourth-order valence-corrected chi connectivity index (χ4v) is 16.3. The van der Waals surface area contributed by atoms with Crippen LogP contribution in [-0.2, 0) is 32.5 Å². The van der Waals surface area contributed by atoms with Gasteiger partial charge in [-0.3, -0.25) is 0 Å². The van der Waals surface area contributed by atoms with Gasteiger partial charge < -0.3 is 14.7 Å². The Morgan fingerprint density at radius 3 is 1.62 bits per heavy atom. The lowest BCUT2D eigenvalue weighted by atomic mass is 9.33. The average molecular weight is 1010 g/mol. The van der Waals surface area contributed by atoms with Gasteiger partial charge in [-0.25, -0.2) is 0 Å². The molecule has 13 rings (SSSR count). The first-order valence-electron chi connectivity index (χ1n) is 29.6. The van der Waals surface area contributed by atoms with Crippen molar-refractivity contribution < 1.29 is 0 Å². The maximum Gasteiger partial charge on any atom is 0.252 e. The second kappa shape index (κ2) is 16.5. The molecule has 0 saturated heterocycles. The van der Waals surface area contributed by atoms with Crippen molar-refractivity contribution in [2.75, 3.05) is 14.7 Å². The molecule has 4 atom stereocenters. The molecule has 2 saturated carbocycles. The lowest BCUT2D eigenvalue weighted by Gasteiger charge is -2.54. The van der Waals surface area contributed by atoms with Crippen molar-refractivity contribution in [3.63, 3.8) is 0 Å². The predicted octanol–water partition coefficient (Wildman–Crippen LogP) is 17.7. The molecule has 0 N–H and O–H groups in total. The van der Waals surface area contributed by atoms with Crippen LogP contribution < -0.4 is 31.1 Å². The lowest BCUT2D eigenvalue weighted by Crippen LogP contribution is -2.64. The Morgan fingerprint density at radius 1 is 0.416 bits per heavy atom. The number of benzene rings is 7. The molecule has 0 spiro atoms. The van der Waals surface area contributed by atoms with Gasteiger partial charge in [0.15, 0.2) is 0 Å². The molecule has 4 heteroatoms. The molecule has 4 heterocycles. The molecular formula is C73H84BN3. The van der Waals surface area contributed by atoms with Crippen LogP contribution in [0.4, 0.5) is 39.8 Å². The van der Waals surface area contributed by atoms with E-state index in [-0.39, 0.29) is 50.3 Å². The molecule has 0 bridgehead atoms. The van der Waals surface area contributed by atoms with Gasteiger partial charge in [0.2, 0.25) is 0 Å². The Hall–Kier alpha value is -6.00. The van der Waals surface area contributed by atoms with E-state index in [1.165, 1.54) is 133 Å². The zero-order valence-corrected chi connectivity index (χ0v) is 49.4. The predicted molar refractivity (Wildman–Crippen MR) is 331 cm³/mol. The second-order valence-corrected chi connectivity index (χ2v) is 29.5. The van der Waals surface area contributed by atoms with Crippen molar-refractivity contribution in [3.05, 3.63) is 178 Å². The molecule has 4 aliphatic heterocycles. The first-order chi connectivity index (χ1) is 36.3. The maximum atomic E-state index is 2.98. The summed E-state index contributed by atoms with van der Waals surface area (Å²) in [4.78, 5) is 8.65. The second-order valence-electron chi connectivity index (χ2n) is 29.5. The van der Waals surface area contributed by atoms with E-state index in [4.69, 9.17) is 0 Å². The minimum atomic E-state index is -0.250. The van der Waals surface area contributed by atoms with Crippen molar-refractivity contribution in [2.45, 2.75) is 199 Å². The zero-order chi connectivity index (χ0) is 54.2. The van der Waals surface area contributed by atoms with Crippen LogP contribution >= 0.6 is 0 Å². The van der Waals surface area contributed by atoms with Crippen LogP contribution in [0.1, 0.15) is 194 Å². The van der Waals surface area contributed by atoms with Crippen LogP contribution in [0.2, 0.25) is 0 Å². The molecule has 394 valence electrons. The molecule has 0 aromatic heterocycles. The van der Waals surface area contributed by atoms with E-state index in [0.29, 0.717) is 0 Å². The Balaban J connectivity index is 1.20. The van der Waals surface area contributed by atoms with E-state index in [1.54, 1.807) is 5.56 Å². The van der Waals surface area contributed by atoms with Crippen molar-refractivity contribution in [1.82, 2.24) is 0 Å². The zero-order valence-electron chi connectivity index (χ0n) is 49.4. The minimum absolute atomic E-state index is 0.00496. The van der Waals surface area contributed by atoms with E-state index in [0.717, 1.165) is 19.3 Å². The summed E-state index contributed by atoms with van der Waals surface area (Å²) >= 11 is 0. The summed E-state index contributed by atoms with van der Waals surface area (Å²) in [7, 11) is 0. The fraction of sp³-hybridized carbons (Fsp3) is 0.425. The Kier molecular flexibility index (Phi) is 10.8. The summed E-state index contributed by atoms with van der Waals surface area (Å²) in [5.41, 5.74) is 25.6. The van der Waals surface area contributed by atoms with Crippen LogP contribution in [0.5, 0.6) is 0 Å². The minimum Gasteiger partial charge on any atom is -0.335 e. The molecule has 0 radical (unpaired) electrons. The summed E-state index contributed by atoms with van der Waals surface area (Å²) in [5, 5.41) is 0. The van der Waals surface area contributed by atoms with Gasteiger partial charge in [0.05, 0.1) is 16.8 Å². The van der Waals surface area contributed by atoms with Crippen LogP contribution in [-0.4, -0.2) is 17.8 Å². The highest BCUT2D eigenvalue weighted by Crippen LogP contribution is 2.67. The SMILES string of the molecule is CC(C)(C)c1ccc(N2c3cc(C(C)(C)C)ccc3B3c4cc(C(C)(C)C)cc5c4N(c4cc(N6c7ccc(C(C)(C)C)cc7C7(c8ccccc8)CCCCC67C)cc2c43)C2(C)CCCCC52C)c(-c2ccccc2)c1. The molecule has 7 aromatic carbocycles. The van der Waals surface area contributed by atoms with Crippen molar-refractivity contribution in [1.29, 1.82) is 0 Å². The number of anilines is 7. The van der Waals surface area contributed by atoms with Crippen LogP contribution in [0.15, 0.2) is 140 Å². The molecule has 77 heavy (non-hydrogen) atoms. The number of hydrogen-bond acceptors (Lipinski definition) is 3. The smallest absolute Gasteiger partial charge is 0.252 e. The highest BCUT2D eigenvalue weighted by molar-refractivity contribution is 7.00. The van der Waals surface area contributed by atoms with Crippen LogP contribution in [0, 0.1) is 0 Å². The number of fused-ring (bicyclic) bond motifs is 10. The maximum absolute atomic E-state index is 2.98. The Morgan fingerprint density at radius 2 is 0.961 bits per heavy atom. The summed E-state index contributed by atoms with van der Waals surface area (Å²) in [6.45, 7) is 36.7. The third kappa shape index (κ3) is 7.00. The normalized spacial score (nSPS) is 24.2. The van der Waals surface area contributed by atoms with Gasteiger partial charge >= 0.3 is 0 Å². The standard InChI is InChI=1S/C73H84BN3/c1-66(2,3)49-31-34-59(54(40-49)47-26-18-16-19-27-47)75-61-44-51(68(7,8)9)30-33-57(61)74-58-43-52(69(10,11)12)42-56-65(58)77(71(14)37-23-22-36-70(56,71)13)63-46-53(45-62(75)64(63)74)76-60-35-32-50(67(4,5)6)41-55(60)73(48-28-20-17-21-29-48)39-25-24-38-72(73,76)15/h16-21,26-35,40-46H,22-25,36-39H2,1-15H3. The molecular weight excluding hydrogens is 930 g/mol. The van der Waals surface area contributed by atoms with Gasteiger partial charge in [0, 0.05) is 50.5 Å². The van der Waals surface area contributed by atoms with E-state index < -0.39 is 0 Å².